The Kier molecular flexibility index (Phi) is 7.21. The highest BCUT2D eigenvalue weighted by atomic mass is 19.1. The van der Waals surface area contributed by atoms with Gasteiger partial charge in [-0.2, -0.15) is 0 Å². The fourth-order valence-electron chi connectivity index (χ4n) is 3.59. The zero-order chi connectivity index (χ0) is 24.2. The number of nitrogens with zero attached hydrogens (tertiary/aromatic N) is 1. The van der Waals surface area contributed by atoms with E-state index in [1.54, 1.807) is 14.2 Å². The van der Waals surface area contributed by atoms with E-state index in [2.05, 4.69) is 0 Å². The Morgan fingerprint density at radius 1 is 0.848 bits per heavy atom. The molecule has 0 radical (unpaired) electrons. The van der Waals surface area contributed by atoms with Crippen molar-refractivity contribution < 1.29 is 28.2 Å². The van der Waals surface area contributed by atoms with Gasteiger partial charge in [-0.05, 0) is 61.4 Å². The van der Waals surface area contributed by atoms with Gasteiger partial charge in [-0.3, -0.25) is 4.79 Å². The van der Waals surface area contributed by atoms with E-state index in [9.17, 15) is 9.90 Å². The first-order chi connectivity index (χ1) is 15.6. The molecule has 0 unspecified atom stereocenters. The van der Waals surface area contributed by atoms with Crippen LogP contribution in [-0.4, -0.2) is 25.3 Å². The summed E-state index contributed by atoms with van der Waals surface area (Å²) in [6.45, 7) is 3.30. The molecule has 7 heteroatoms. The van der Waals surface area contributed by atoms with Crippen molar-refractivity contribution in [2.45, 2.75) is 32.4 Å². The van der Waals surface area contributed by atoms with Gasteiger partial charge in [0.2, 0.25) is 0 Å². The molecule has 0 aliphatic heterocycles. The summed E-state index contributed by atoms with van der Waals surface area (Å²) >= 11 is 0. The molecular formula is C26H27F2NO4. The summed E-state index contributed by atoms with van der Waals surface area (Å²) in [5.74, 6) is -1.68. The molecule has 3 aromatic carbocycles. The average Bonchev–Trinajstić information content (AvgIpc) is 2.78. The predicted molar refractivity (Wildman–Crippen MR) is 123 cm³/mol. The topological polar surface area (TPSA) is 59.0 Å². The van der Waals surface area contributed by atoms with Crippen molar-refractivity contribution in [2.24, 2.45) is 0 Å². The van der Waals surface area contributed by atoms with E-state index in [4.69, 9.17) is 9.47 Å². The number of halogens is 2. The SMILES string of the molecule is COc1ccc(CN(Cc2ccc(OC)cc2)c2cc(F)c(C(C)(C)C(=O)O)c(F)c2)cc1. The second-order valence-corrected chi connectivity index (χ2v) is 8.27. The largest absolute Gasteiger partial charge is 0.497 e. The second kappa shape index (κ2) is 9.90. The number of rotatable bonds is 9. The van der Waals surface area contributed by atoms with Crippen LogP contribution in [0.5, 0.6) is 11.5 Å². The van der Waals surface area contributed by atoms with Crippen molar-refractivity contribution >= 4 is 11.7 Å². The molecule has 0 atom stereocenters. The summed E-state index contributed by atoms with van der Waals surface area (Å²) in [7, 11) is 3.16. The summed E-state index contributed by atoms with van der Waals surface area (Å²) < 4.78 is 40.5. The van der Waals surface area contributed by atoms with E-state index in [0.717, 1.165) is 11.1 Å². The number of methoxy groups -OCH3 is 2. The number of aliphatic carboxylic acids is 1. The Morgan fingerprint density at radius 3 is 1.58 bits per heavy atom. The predicted octanol–water partition coefficient (Wildman–Crippen LogP) is 5.55. The Balaban J connectivity index is 2.00. The van der Waals surface area contributed by atoms with Crippen LogP contribution in [0, 0.1) is 11.6 Å². The minimum absolute atomic E-state index is 0.307. The smallest absolute Gasteiger partial charge is 0.313 e. The summed E-state index contributed by atoms with van der Waals surface area (Å²) in [6.07, 6.45) is 0. The number of carboxylic acid groups (broad SMARTS) is 1. The number of carboxylic acids is 1. The molecule has 0 fully saturated rings. The van der Waals surface area contributed by atoms with Crippen molar-refractivity contribution in [3.8, 4) is 11.5 Å². The average molecular weight is 456 g/mol. The van der Waals surface area contributed by atoms with E-state index in [-0.39, 0.29) is 0 Å². The highest BCUT2D eigenvalue weighted by molar-refractivity contribution is 5.80. The lowest BCUT2D eigenvalue weighted by atomic mass is 9.83. The minimum atomic E-state index is -1.70. The summed E-state index contributed by atoms with van der Waals surface area (Å²) in [5.41, 5.74) is -0.0296. The molecule has 0 aliphatic rings. The van der Waals surface area contributed by atoms with Crippen LogP contribution in [0.25, 0.3) is 0 Å². The standard InChI is InChI=1S/C26H27F2NO4/c1-26(2,25(30)31)24-22(27)13-19(14-23(24)28)29(15-17-5-9-20(32-3)10-6-17)16-18-7-11-21(33-4)12-8-18/h5-14H,15-16H2,1-4H3,(H,30,31). The molecule has 0 saturated carbocycles. The van der Waals surface area contributed by atoms with Crippen LogP contribution >= 0.6 is 0 Å². The zero-order valence-electron chi connectivity index (χ0n) is 19.1. The van der Waals surface area contributed by atoms with Crippen molar-refractivity contribution in [3.05, 3.63) is 89.0 Å². The molecule has 0 heterocycles. The highest BCUT2D eigenvalue weighted by Gasteiger charge is 2.36. The van der Waals surface area contributed by atoms with Crippen LogP contribution in [0.4, 0.5) is 14.5 Å². The van der Waals surface area contributed by atoms with E-state index in [0.29, 0.717) is 30.3 Å². The third kappa shape index (κ3) is 5.42. The summed E-state index contributed by atoms with van der Waals surface area (Å²) in [5, 5.41) is 9.43. The highest BCUT2D eigenvalue weighted by Crippen LogP contribution is 2.33. The molecule has 0 saturated heterocycles. The van der Waals surface area contributed by atoms with Crippen LogP contribution in [0.2, 0.25) is 0 Å². The molecule has 1 N–H and O–H groups in total. The lowest BCUT2D eigenvalue weighted by Gasteiger charge is -2.28. The molecule has 174 valence electrons. The van der Waals surface area contributed by atoms with Gasteiger partial charge in [0, 0.05) is 24.3 Å². The van der Waals surface area contributed by atoms with E-state index >= 15 is 8.78 Å². The third-order valence-electron chi connectivity index (χ3n) is 5.62. The van der Waals surface area contributed by atoms with Gasteiger partial charge in [0.05, 0.1) is 19.6 Å². The van der Waals surface area contributed by atoms with Gasteiger partial charge in [0.25, 0.3) is 0 Å². The fourth-order valence-corrected chi connectivity index (χ4v) is 3.59. The van der Waals surface area contributed by atoms with Gasteiger partial charge in [-0.1, -0.05) is 24.3 Å². The summed E-state index contributed by atoms with van der Waals surface area (Å²) in [6, 6.07) is 17.2. The number of carbonyl (C=O) groups is 1. The first-order valence-electron chi connectivity index (χ1n) is 10.4. The number of anilines is 1. The van der Waals surface area contributed by atoms with Crippen LogP contribution in [0.1, 0.15) is 30.5 Å². The zero-order valence-corrected chi connectivity index (χ0v) is 19.1. The second-order valence-electron chi connectivity index (χ2n) is 8.27. The molecule has 0 bridgehead atoms. The quantitative estimate of drug-likeness (QED) is 0.458. The van der Waals surface area contributed by atoms with Gasteiger partial charge >= 0.3 is 5.97 Å². The van der Waals surface area contributed by atoms with Gasteiger partial charge in [-0.15, -0.1) is 0 Å². The number of hydrogen-bond donors (Lipinski definition) is 1. The Bertz CT molecular complexity index is 1040. The maximum absolute atomic E-state index is 15.0. The lowest BCUT2D eigenvalue weighted by molar-refractivity contribution is -0.142. The number of benzene rings is 3. The molecule has 3 rings (SSSR count). The Labute approximate surface area is 192 Å². The van der Waals surface area contributed by atoms with Gasteiger partial charge < -0.3 is 19.5 Å². The Morgan fingerprint density at radius 2 is 1.24 bits per heavy atom. The van der Waals surface area contributed by atoms with E-state index in [1.165, 1.54) is 26.0 Å². The van der Waals surface area contributed by atoms with Crippen molar-refractivity contribution in [2.75, 3.05) is 19.1 Å². The van der Waals surface area contributed by atoms with E-state index < -0.39 is 28.6 Å². The Hall–Kier alpha value is -3.61. The van der Waals surface area contributed by atoms with Crippen molar-refractivity contribution in [1.82, 2.24) is 0 Å². The monoisotopic (exact) mass is 455 g/mol. The number of ether oxygens (including phenoxy) is 2. The van der Waals surface area contributed by atoms with Crippen LogP contribution in [0.15, 0.2) is 60.7 Å². The molecule has 0 spiro atoms. The molecule has 5 nitrogen and oxygen atoms in total. The van der Waals surface area contributed by atoms with Crippen molar-refractivity contribution in [1.29, 1.82) is 0 Å². The first-order valence-corrected chi connectivity index (χ1v) is 10.4. The van der Waals surface area contributed by atoms with Gasteiger partial charge in [-0.25, -0.2) is 8.78 Å². The van der Waals surface area contributed by atoms with E-state index in [1.807, 2.05) is 53.4 Å². The molecule has 0 aromatic heterocycles. The normalized spacial score (nSPS) is 11.2. The summed E-state index contributed by atoms with van der Waals surface area (Å²) in [4.78, 5) is 13.4. The maximum atomic E-state index is 15.0. The van der Waals surface area contributed by atoms with Crippen LogP contribution in [0.3, 0.4) is 0 Å². The maximum Gasteiger partial charge on any atom is 0.313 e. The van der Waals surface area contributed by atoms with Crippen LogP contribution < -0.4 is 14.4 Å². The molecular weight excluding hydrogens is 428 g/mol. The number of hydrogen-bond acceptors (Lipinski definition) is 4. The van der Waals surface area contributed by atoms with Gasteiger partial charge in [0.1, 0.15) is 23.1 Å². The molecule has 0 aliphatic carbocycles. The third-order valence-corrected chi connectivity index (χ3v) is 5.62. The fraction of sp³-hybridized carbons (Fsp3) is 0.269. The first kappa shape index (κ1) is 24.0. The minimum Gasteiger partial charge on any atom is -0.497 e. The lowest BCUT2D eigenvalue weighted by Crippen LogP contribution is -2.31. The van der Waals surface area contributed by atoms with Crippen molar-refractivity contribution in [3.63, 3.8) is 0 Å². The van der Waals surface area contributed by atoms with Gasteiger partial charge in [0.15, 0.2) is 0 Å². The van der Waals surface area contributed by atoms with Crippen LogP contribution in [-0.2, 0) is 23.3 Å². The molecule has 3 aromatic rings. The molecule has 33 heavy (non-hydrogen) atoms. The molecule has 0 amide bonds.